The molecule has 108 valence electrons. The van der Waals surface area contributed by atoms with Gasteiger partial charge in [-0.2, -0.15) is 0 Å². The van der Waals surface area contributed by atoms with E-state index in [0.29, 0.717) is 4.47 Å². The van der Waals surface area contributed by atoms with Gasteiger partial charge in [0.15, 0.2) is 4.21 Å². The maximum atomic E-state index is 12.1. The minimum absolute atomic E-state index is 0.110. The summed E-state index contributed by atoms with van der Waals surface area (Å²) < 4.78 is 49.6. The summed E-state index contributed by atoms with van der Waals surface area (Å²) in [6, 6.07) is 6.90. The van der Waals surface area contributed by atoms with Crippen LogP contribution in [0.2, 0.25) is 0 Å². The van der Waals surface area contributed by atoms with Crippen molar-refractivity contribution in [3.63, 3.8) is 0 Å². The summed E-state index contributed by atoms with van der Waals surface area (Å²) >= 11 is 4.18. The molecule has 0 radical (unpaired) electrons. The van der Waals surface area contributed by atoms with E-state index in [4.69, 9.17) is 5.14 Å². The Labute approximate surface area is 128 Å². The van der Waals surface area contributed by atoms with E-state index in [1.807, 2.05) is 0 Å². The van der Waals surface area contributed by atoms with Crippen molar-refractivity contribution in [1.82, 2.24) is 0 Å². The summed E-state index contributed by atoms with van der Waals surface area (Å²) in [5.74, 6) is 0. The SMILES string of the molecule is NS(=O)(=O)c1cccc(NS(=O)(=O)c2sccc2Br)c1. The van der Waals surface area contributed by atoms with Gasteiger partial charge in [-0.3, -0.25) is 4.72 Å². The van der Waals surface area contributed by atoms with E-state index in [9.17, 15) is 16.8 Å². The Balaban J connectivity index is 2.38. The largest absolute Gasteiger partial charge is 0.279 e. The third-order valence-corrected chi connectivity index (χ3v) is 7.21. The first kappa shape index (κ1) is 15.4. The van der Waals surface area contributed by atoms with Crippen LogP contribution in [0, 0.1) is 0 Å². The van der Waals surface area contributed by atoms with Crippen LogP contribution < -0.4 is 9.86 Å². The standard InChI is InChI=1S/C10H9BrN2O4S3/c11-9-4-5-18-10(9)20(16,17)13-7-2-1-3-8(6-7)19(12,14)15/h1-6,13H,(H2,12,14,15). The van der Waals surface area contributed by atoms with Gasteiger partial charge in [-0.05, 0) is 45.6 Å². The molecule has 0 amide bonds. The zero-order chi connectivity index (χ0) is 15.0. The summed E-state index contributed by atoms with van der Waals surface area (Å²) in [7, 11) is -7.66. The molecule has 6 nitrogen and oxygen atoms in total. The number of benzene rings is 1. The minimum atomic E-state index is -3.88. The van der Waals surface area contributed by atoms with Crippen LogP contribution in [0.5, 0.6) is 0 Å². The van der Waals surface area contributed by atoms with Gasteiger partial charge in [0.1, 0.15) is 0 Å². The molecule has 0 bridgehead atoms. The first-order chi connectivity index (χ1) is 9.20. The van der Waals surface area contributed by atoms with Crippen molar-refractivity contribution in [2.75, 3.05) is 4.72 Å². The lowest BCUT2D eigenvalue weighted by Gasteiger charge is -2.08. The number of nitrogens with one attached hydrogen (secondary N) is 1. The first-order valence-electron chi connectivity index (χ1n) is 5.09. The van der Waals surface area contributed by atoms with Gasteiger partial charge in [-0.25, -0.2) is 22.0 Å². The summed E-state index contributed by atoms with van der Waals surface area (Å²) in [5.41, 5.74) is 0.122. The van der Waals surface area contributed by atoms with Crippen LogP contribution in [0.25, 0.3) is 0 Å². The van der Waals surface area contributed by atoms with Gasteiger partial charge in [-0.15, -0.1) is 11.3 Å². The summed E-state index contributed by atoms with van der Waals surface area (Å²) in [6.45, 7) is 0. The van der Waals surface area contributed by atoms with Gasteiger partial charge in [0.2, 0.25) is 10.0 Å². The number of halogens is 1. The molecule has 0 saturated carbocycles. The number of thiophene rings is 1. The molecule has 0 aliphatic rings. The van der Waals surface area contributed by atoms with Crippen molar-refractivity contribution in [2.45, 2.75) is 9.10 Å². The molecular weight excluding hydrogens is 388 g/mol. The van der Waals surface area contributed by atoms with E-state index in [-0.39, 0.29) is 14.8 Å². The van der Waals surface area contributed by atoms with Crippen molar-refractivity contribution in [1.29, 1.82) is 0 Å². The Hall–Kier alpha value is -0.940. The Kier molecular flexibility index (Phi) is 4.21. The normalized spacial score (nSPS) is 12.3. The lowest BCUT2D eigenvalue weighted by molar-refractivity contribution is 0.596. The molecule has 0 saturated heterocycles. The summed E-state index contributed by atoms with van der Waals surface area (Å²) in [5, 5.41) is 6.62. The molecule has 1 aromatic carbocycles. The molecule has 0 atom stereocenters. The number of anilines is 1. The lowest BCUT2D eigenvalue weighted by atomic mass is 10.3. The number of sulfonamides is 2. The zero-order valence-electron chi connectivity index (χ0n) is 9.78. The Morgan fingerprint density at radius 3 is 2.40 bits per heavy atom. The molecule has 0 fully saturated rings. The summed E-state index contributed by atoms with van der Waals surface area (Å²) in [6.07, 6.45) is 0. The number of hydrogen-bond donors (Lipinski definition) is 2. The van der Waals surface area contributed by atoms with E-state index in [0.717, 1.165) is 17.4 Å². The van der Waals surface area contributed by atoms with E-state index in [1.165, 1.54) is 18.2 Å². The van der Waals surface area contributed by atoms with Crippen molar-refractivity contribution < 1.29 is 16.8 Å². The van der Waals surface area contributed by atoms with Crippen LogP contribution >= 0.6 is 27.3 Å². The van der Waals surface area contributed by atoms with Crippen LogP contribution in [-0.2, 0) is 20.0 Å². The topological polar surface area (TPSA) is 106 Å². The lowest BCUT2D eigenvalue weighted by Crippen LogP contribution is -2.14. The highest BCUT2D eigenvalue weighted by atomic mass is 79.9. The first-order valence-corrected chi connectivity index (χ1v) is 9.79. The van der Waals surface area contributed by atoms with E-state index >= 15 is 0 Å². The molecule has 0 spiro atoms. The fourth-order valence-electron chi connectivity index (χ4n) is 1.41. The third kappa shape index (κ3) is 3.38. The monoisotopic (exact) mass is 396 g/mol. The van der Waals surface area contributed by atoms with Gasteiger partial charge in [0, 0.05) is 4.47 Å². The van der Waals surface area contributed by atoms with Gasteiger partial charge >= 0.3 is 0 Å². The highest BCUT2D eigenvalue weighted by Crippen LogP contribution is 2.29. The van der Waals surface area contributed by atoms with Gasteiger partial charge < -0.3 is 0 Å². The van der Waals surface area contributed by atoms with Crippen LogP contribution in [0.4, 0.5) is 5.69 Å². The zero-order valence-corrected chi connectivity index (χ0v) is 13.8. The predicted molar refractivity (Wildman–Crippen MR) is 80.6 cm³/mol. The maximum Gasteiger partial charge on any atom is 0.272 e. The predicted octanol–water partition coefficient (Wildman–Crippen LogP) is 1.96. The van der Waals surface area contributed by atoms with Crippen LogP contribution in [0.15, 0.2) is 49.3 Å². The summed E-state index contributed by atoms with van der Waals surface area (Å²) in [4.78, 5) is -0.164. The van der Waals surface area contributed by atoms with Crippen molar-refractivity contribution in [3.8, 4) is 0 Å². The second-order valence-electron chi connectivity index (χ2n) is 3.73. The Bertz CT molecular complexity index is 843. The molecule has 2 aromatic rings. The van der Waals surface area contributed by atoms with Crippen LogP contribution in [0.3, 0.4) is 0 Å². The Morgan fingerprint density at radius 1 is 1.15 bits per heavy atom. The third-order valence-electron chi connectivity index (χ3n) is 2.24. The molecule has 3 N–H and O–H groups in total. The van der Waals surface area contributed by atoms with Crippen molar-refractivity contribution in [3.05, 3.63) is 40.2 Å². The van der Waals surface area contributed by atoms with Crippen molar-refractivity contribution in [2.24, 2.45) is 5.14 Å². The second kappa shape index (κ2) is 5.45. The van der Waals surface area contributed by atoms with Crippen LogP contribution in [-0.4, -0.2) is 16.8 Å². The van der Waals surface area contributed by atoms with E-state index in [2.05, 4.69) is 20.7 Å². The number of rotatable bonds is 4. The van der Waals surface area contributed by atoms with Crippen LogP contribution in [0.1, 0.15) is 0 Å². The Morgan fingerprint density at radius 2 is 1.85 bits per heavy atom. The van der Waals surface area contributed by atoms with E-state index in [1.54, 1.807) is 11.4 Å². The molecule has 1 aromatic heterocycles. The molecule has 1 heterocycles. The molecular formula is C10H9BrN2O4S3. The van der Waals surface area contributed by atoms with Gasteiger partial charge in [-0.1, -0.05) is 6.07 Å². The highest BCUT2D eigenvalue weighted by molar-refractivity contribution is 9.10. The highest BCUT2D eigenvalue weighted by Gasteiger charge is 2.20. The smallest absolute Gasteiger partial charge is 0.272 e. The number of primary sulfonamides is 1. The van der Waals surface area contributed by atoms with Gasteiger partial charge in [0.25, 0.3) is 10.0 Å². The maximum absolute atomic E-state index is 12.1. The average Bonchev–Trinajstić information content (AvgIpc) is 2.75. The molecule has 0 unspecified atom stereocenters. The second-order valence-corrected chi connectivity index (χ2v) is 8.94. The molecule has 2 rings (SSSR count). The molecule has 10 heteroatoms. The number of nitrogens with two attached hydrogens (primary N) is 1. The average molecular weight is 397 g/mol. The fraction of sp³-hybridized carbons (Fsp3) is 0. The minimum Gasteiger partial charge on any atom is -0.279 e. The van der Waals surface area contributed by atoms with Gasteiger partial charge in [0.05, 0.1) is 10.6 Å². The van der Waals surface area contributed by atoms with Crippen molar-refractivity contribution >= 4 is 53.0 Å². The molecule has 0 aliphatic carbocycles. The fourth-order valence-corrected chi connectivity index (χ4v) is 5.36. The molecule has 20 heavy (non-hydrogen) atoms. The number of hydrogen-bond acceptors (Lipinski definition) is 5. The molecule has 0 aliphatic heterocycles. The quantitative estimate of drug-likeness (QED) is 0.823. The van der Waals surface area contributed by atoms with E-state index < -0.39 is 20.0 Å².